The highest BCUT2D eigenvalue weighted by atomic mass is 35.5. The summed E-state index contributed by atoms with van der Waals surface area (Å²) in [6, 6.07) is 4.65. The number of aromatic nitrogens is 1. The number of nitrogens with one attached hydrogen (secondary N) is 1. The molecule has 1 aromatic carbocycles. The van der Waals surface area contributed by atoms with Gasteiger partial charge >= 0.3 is 12.1 Å². The zero-order valence-corrected chi connectivity index (χ0v) is 18.0. The molecule has 3 N–H and O–H groups in total. The van der Waals surface area contributed by atoms with E-state index >= 15 is 0 Å². The molecule has 0 saturated carbocycles. The standard InChI is InChI=1S/C21H22ClN3O6/c1-4-30-19(27)21(11-13(29-3)8-9-24-21)18(26)17-16(23)14-7-6-12(22)10-15(14)25(17)20(28)31-5-2/h6-11,24H,4-5,23H2,1-3H3. The molecule has 0 aliphatic carbocycles. The molecule has 10 heteroatoms. The second-order valence-corrected chi connectivity index (χ2v) is 6.98. The third kappa shape index (κ3) is 3.72. The molecule has 0 radical (unpaired) electrons. The highest BCUT2D eigenvalue weighted by Gasteiger charge is 2.49. The fourth-order valence-electron chi connectivity index (χ4n) is 3.35. The Labute approximate surface area is 183 Å². The van der Waals surface area contributed by atoms with Crippen molar-refractivity contribution < 1.29 is 28.6 Å². The van der Waals surface area contributed by atoms with Gasteiger partial charge in [0.25, 0.3) is 0 Å². The van der Waals surface area contributed by atoms with Crippen LogP contribution in [0.25, 0.3) is 10.9 Å². The number of carbonyl (C=O) groups excluding carboxylic acids is 3. The molecule has 1 aliphatic rings. The Balaban J connectivity index is 2.31. The summed E-state index contributed by atoms with van der Waals surface area (Å²) in [5, 5.41) is 3.49. The Hall–Kier alpha value is -3.46. The molecule has 0 bridgehead atoms. The van der Waals surface area contributed by atoms with E-state index in [1.165, 1.54) is 31.5 Å². The SMILES string of the molecule is CCOC(=O)n1c(C(=O)C2(C(=O)OCC)C=C(OC)C=CN2)c(N)c2ccc(Cl)cc21. The number of anilines is 1. The number of fused-ring (bicyclic) bond motifs is 1. The lowest BCUT2D eigenvalue weighted by atomic mass is 9.88. The van der Waals surface area contributed by atoms with E-state index in [2.05, 4.69) is 5.32 Å². The first-order chi connectivity index (χ1) is 14.8. The maximum atomic E-state index is 13.9. The quantitative estimate of drug-likeness (QED) is 0.393. The van der Waals surface area contributed by atoms with Crippen LogP contribution in [-0.2, 0) is 19.0 Å². The highest BCUT2D eigenvalue weighted by Crippen LogP contribution is 2.34. The number of carbonyl (C=O) groups is 3. The molecule has 1 unspecified atom stereocenters. The average molecular weight is 448 g/mol. The van der Waals surface area contributed by atoms with Gasteiger partial charge in [0.2, 0.25) is 11.3 Å². The second-order valence-electron chi connectivity index (χ2n) is 6.54. The first-order valence-electron chi connectivity index (χ1n) is 9.50. The normalized spacial score (nSPS) is 17.6. The topological polar surface area (TPSA) is 122 Å². The number of esters is 1. The summed E-state index contributed by atoms with van der Waals surface area (Å²) in [5.74, 6) is -1.44. The number of nitrogen functional groups attached to an aromatic ring is 1. The minimum Gasteiger partial charge on any atom is -0.497 e. The predicted octanol–water partition coefficient (Wildman–Crippen LogP) is 3.01. The van der Waals surface area contributed by atoms with E-state index in [-0.39, 0.29) is 35.9 Å². The molecule has 1 aromatic heterocycles. The zero-order chi connectivity index (χ0) is 22.8. The molecule has 2 heterocycles. The van der Waals surface area contributed by atoms with Gasteiger partial charge in [-0.05, 0) is 38.1 Å². The van der Waals surface area contributed by atoms with Crippen LogP contribution in [0.5, 0.6) is 0 Å². The lowest BCUT2D eigenvalue weighted by molar-refractivity contribution is -0.146. The largest absolute Gasteiger partial charge is 0.497 e. The molecule has 2 aromatic rings. The number of dihydropyridines is 1. The van der Waals surface area contributed by atoms with E-state index in [0.29, 0.717) is 10.4 Å². The fourth-order valence-corrected chi connectivity index (χ4v) is 3.51. The van der Waals surface area contributed by atoms with Crippen molar-refractivity contribution >= 4 is 46.0 Å². The van der Waals surface area contributed by atoms with Gasteiger partial charge in [0.15, 0.2) is 0 Å². The monoisotopic (exact) mass is 447 g/mol. The number of allylic oxidation sites excluding steroid dienone is 1. The summed E-state index contributed by atoms with van der Waals surface area (Å²) < 4.78 is 16.5. The van der Waals surface area contributed by atoms with E-state index in [1.807, 2.05) is 0 Å². The van der Waals surface area contributed by atoms with E-state index in [4.69, 9.17) is 31.5 Å². The van der Waals surface area contributed by atoms with Crippen molar-refractivity contribution in [3.8, 4) is 0 Å². The molecule has 1 aliphatic heterocycles. The third-order valence-electron chi connectivity index (χ3n) is 4.74. The molecule has 9 nitrogen and oxygen atoms in total. The third-order valence-corrected chi connectivity index (χ3v) is 4.98. The molecule has 0 spiro atoms. The van der Waals surface area contributed by atoms with Crippen LogP contribution >= 0.6 is 11.6 Å². The maximum absolute atomic E-state index is 13.9. The van der Waals surface area contributed by atoms with Gasteiger partial charge in [-0.2, -0.15) is 0 Å². The van der Waals surface area contributed by atoms with Crippen LogP contribution in [-0.4, -0.2) is 48.3 Å². The fraction of sp³-hybridized carbons (Fsp3) is 0.286. The summed E-state index contributed by atoms with van der Waals surface area (Å²) in [6.45, 7) is 3.33. The zero-order valence-electron chi connectivity index (χ0n) is 17.2. The van der Waals surface area contributed by atoms with Crippen molar-refractivity contribution in [2.45, 2.75) is 19.4 Å². The summed E-state index contributed by atoms with van der Waals surface area (Å²) in [6.07, 6.45) is 3.37. The molecular weight excluding hydrogens is 426 g/mol. The van der Waals surface area contributed by atoms with Crippen LogP contribution in [0, 0.1) is 0 Å². The first-order valence-corrected chi connectivity index (χ1v) is 9.88. The van der Waals surface area contributed by atoms with Crippen molar-refractivity contribution in [3.05, 3.63) is 53.0 Å². The Bertz CT molecular complexity index is 1120. The number of halogens is 1. The predicted molar refractivity (Wildman–Crippen MR) is 115 cm³/mol. The van der Waals surface area contributed by atoms with Crippen LogP contribution in [0.1, 0.15) is 24.3 Å². The number of ether oxygens (including phenoxy) is 3. The van der Waals surface area contributed by atoms with Gasteiger partial charge < -0.3 is 25.3 Å². The van der Waals surface area contributed by atoms with Crippen molar-refractivity contribution in [1.29, 1.82) is 0 Å². The van der Waals surface area contributed by atoms with E-state index in [0.717, 1.165) is 4.57 Å². The van der Waals surface area contributed by atoms with Gasteiger partial charge in [-0.15, -0.1) is 0 Å². The summed E-state index contributed by atoms with van der Waals surface area (Å²) in [7, 11) is 1.40. The van der Waals surface area contributed by atoms with Crippen molar-refractivity contribution in [2.75, 3.05) is 26.1 Å². The van der Waals surface area contributed by atoms with Crippen molar-refractivity contribution in [1.82, 2.24) is 9.88 Å². The summed E-state index contributed by atoms with van der Waals surface area (Å²) in [4.78, 5) is 39.6. The molecule has 164 valence electrons. The van der Waals surface area contributed by atoms with Crippen LogP contribution in [0.2, 0.25) is 5.02 Å². The smallest absolute Gasteiger partial charge is 0.419 e. The van der Waals surface area contributed by atoms with Gasteiger partial charge in [-0.3, -0.25) is 4.79 Å². The van der Waals surface area contributed by atoms with Crippen LogP contribution in [0.3, 0.4) is 0 Å². The number of hydrogen-bond acceptors (Lipinski definition) is 8. The Morgan fingerprint density at radius 3 is 2.55 bits per heavy atom. The minimum atomic E-state index is -2.01. The Morgan fingerprint density at radius 2 is 1.90 bits per heavy atom. The van der Waals surface area contributed by atoms with E-state index in [1.54, 1.807) is 26.0 Å². The highest BCUT2D eigenvalue weighted by molar-refractivity contribution is 6.32. The van der Waals surface area contributed by atoms with Crippen molar-refractivity contribution in [2.24, 2.45) is 0 Å². The summed E-state index contributed by atoms with van der Waals surface area (Å²) >= 11 is 6.11. The van der Waals surface area contributed by atoms with Crippen LogP contribution in [0.4, 0.5) is 10.5 Å². The lowest BCUT2D eigenvalue weighted by Crippen LogP contribution is -2.57. The lowest BCUT2D eigenvalue weighted by Gasteiger charge is -2.30. The second kappa shape index (κ2) is 8.73. The number of methoxy groups -OCH3 is 1. The van der Waals surface area contributed by atoms with Gasteiger partial charge in [-0.1, -0.05) is 11.6 Å². The number of ketones is 1. The molecule has 31 heavy (non-hydrogen) atoms. The van der Waals surface area contributed by atoms with Crippen LogP contribution < -0.4 is 11.1 Å². The molecule has 0 saturated heterocycles. The first kappa shape index (κ1) is 22.2. The molecule has 0 amide bonds. The minimum absolute atomic E-state index is 0.00267. The number of nitrogens with two attached hydrogens (primary N) is 1. The van der Waals surface area contributed by atoms with Gasteiger partial charge in [0.1, 0.15) is 11.5 Å². The Morgan fingerprint density at radius 1 is 1.19 bits per heavy atom. The summed E-state index contributed by atoms with van der Waals surface area (Å²) in [5.41, 5.74) is 4.31. The van der Waals surface area contributed by atoms with E-state index < -0.39 is 23.4 Å². The number of benzene rings is 1. The number of hydrogen-bond donors (Lipinski definition) is 2. The number of Topliss-reactive ketones (excluding diaryl/α,β-unsaturated/α-hetero) is 1. The number of rotatable bonds is 6. The average Bonchev–Trinajstić information content (AvgIpc) is 3.04. The maximum Gasteiger partial charge on any atom is 0.419 e. The van der Waals surface area contributed by atoms with Crippen molar-refractivity contribution in [3.63, 3.8) is 0 Å². The van der Waals surface area contributed by atoms with Gasteiger partial charge in [-0.25, -0.2) is 14.2 Å². The molecule has 3 rings (SSSR count). The number of nitrogens with zero attached hydrogens (tertiary/aromatic N) is 1. The Kier molecular flexibility index (Phi) is 6.26. The molecular formula is C21H22ClN3O6. The van der Waals surface area contributed by atoms with Crippen LogP contribution in [0.15, 0.2) is 42.3 Å². The van der Waals surface area contributed by atoms with Gasteiger partial charge in [0.05, 0.1) is 31.5 Å². The van der Waals surface area contributed by atoms with E-state index in [9.17, 15) is 14.4 Å². The van der Waals surface area contributed by atoms with Gasteiger partial charge in [0, 0.05) is 22.7 Å². The molecule has 1 atom stereocenters. The molecule has 0 fully saturated rings.